The van der Waals surface area contributed by atoms with Crippen molar-refractivity contribution >= 4 is 0 Å². The largest absolute Gasteiger partial charge is 0.393 e. The molecule has 0 fully saturated rings. The molecule has 1 aromatic rings. The van der Waals surface area contributed by atoms with E-state index in [1.54, 1.807) is 31.2 Å². The monoisotopic (exact) mass is 248 g/mol. The maximum Gasteiger partial charge on any atom is 0.0991 e. The predicted octanol–water partition coefficient (Wildman–Crippen LogP) is 1.29. The molecule has 0 saturated heterocycles. The van der Waals surface area contributed by atoms with Crippen molar-refractivity contribution in [3.05, 3.63) is 35.4 Å². The number of nitriles is 1. The van der Waals surface area contributed by atoms with E-state index in [1.807, 2.05) is 18.0 Å². The van der Waals surface area contributed by atoms with Gasteiger partial charge in [0.1, 0.15) is 0 Å². The average Bonchev–Trinajstić information content (AvgIpc) is 2.36. The second kappa shape index (κ2) is 7.12. The van der Waals surface area contributed by atoms with Crippen LogP contribution < -0.4 is 0 Å². The Kier molecular flexibility index (Phi) is 5.79. The zero-order chi connectivity index (χ0) is 13.5. The van der Waals surface area contributed by atoms with Crippen molar-refractivity contribution in [2.24, 2.45) is 0 Å². The number of hydrogen-bond acceptors (Lipinski definition) is 4. The van der Waals surface area contributed by atoms with Crippen LogP contribution in [0.3, 0.4) is 0 Å². The van der Waals surface area contributed by atoms with Gasteiger partial charge in [-0.15, -0.1) is 0 Å². The Morgan fingerprint density at radius 3 is 2.39 bits per heavy atom. The summed E-state index contributed by atoms with van der Waals surface area (Å²) in [5, 5.41) is 27.9. The molecule has 0 aliphatic rings. The summed E-state index contributed by atoms with van der Waals surface area (Å²) in [7, 11) is 1.91. The minimum atomic E-state index is -0.572. The number of rotatable bonds is 6. The third-order valence-electron chi connectivity index (χ3n) is 2.84. The van der Waals surface area contributed by atoms with Gasteiger partial charge in [0.15, 0.2) is 0 Å². The quantitative estimate of drug-likeness (QED) is 0.796. The number of hydrogen-bond donors (Lipinski definition) is 2. The molecular formula is C14H20N2O2. The minimum absolute atomic E-state index is 0.320. The van der Waals surface area contributed by atoms with E-state index < -0.39 is 6.10 Å². The fraction of sp³-hybridized carbons (Fsp3) is 0.500. The normalized spacial score (nSPS) is 14.2. The smallest absolute Gasteiger partial charge is 0.0991 e. The molecule has 2 unspecified atom stereocenters. The van der Waals surface area contributed by atoms with Gasteiger partial charge in [0.25, 0.3) is 0 Å². The van der Waals surface area contributed by atoms with Crippen LogP contribution in [0.25, 0.3) is 0 Å². The molecule has 0 aromatic heterocycles. The maximum atomic E-state index is 10.0. The first-order valence-corrected chi connectivity index (χ1v) is 6.07. The highest BCUT2D eigenvalue weighted by atomic mass is 16.3. The van der Waals surface area contributed by atoms with E-state index in [2.05, 4.69) is 0 Å². The number of benzene rings is 1. The molecule has 4 nitrogen and oxygen atoms in total. The molecule has 98 valence electrons. The Morgan fingerprint density at radius 1 is 1.28 bits per heavy atom. The fourth-order valence-electron chi connectivity index (χ4n) is 1.68. The summed E-state index contributed by atoms with van der Waals surface area (Å²) >= 11 is 0. The first-order chi connectivity index (χ1) is 8.52. The summed E-state index contributed by atoms with van der Waals surface area (Å²) in [4.78, 5) is 1.98. The summed E-state index contributed by atoms with van der Waals surface area (Å²) in [6.07, 6.45) is -0.201. The molecule has 0 radical (unpaired) electrons. The van der Waals surface area contributed by atoms with Crippen molar-refractivity contribution in [3.63, 3.8) is 0 Å². The van der Waals surface area contributed by atoms with Crippen LogP contribution in [-0.4, -0.2) is 41.4 Å². The highest BCUT2D eigenvalue weighted by Crippen LogP contribution is 2.14. The van der Waals surface area contributed by atoms with E-state index >= 15 is 0 Å². The summed E-state index contributed by atoms with van der Waals surface area (Å²) in [5.74, 6) is 0. The molecule has 2 N–H and O–H groups in total. The summed E-state index contributed by atoms with van der Waals surface area (Å²) < 4.78 is 0. The van der Waals surface area contributed by atoms with Gasteiger partial charge in [-0.1, -0.05) is 12.1 Å². The summed E-state index contributed by atoms with van der Waals surface area (Å²) in [6, 6.07) is 8.99. The molecule has 18 heavy (non-hydrogen) atoms. The Hall–Kier alpha value is -1.41. The van der Waals surface area contributed by atoms with Gasteiger partial charge in [-0.2, -0.15) is 5.26 Å². The Balaban J connectivity index is 2.48. The molecule has 0 bridgehead atoms. The topological polar surface area (TPSA) is 67.5 Å². The average molecular weight is 248 g/mol. The minimum Gasteiger partial charge on any atom is -0.393 e. The van der Waals surface area contributed by atoms with Gasteiger partial charge in [0, 0.05) is 13.1 Å². The van der Waals surface area contributed by atoms with Gasteiger partial charge >= 0.3 is 0 Å². The molecule has 0 aliphatic heterocycles. The van der Waals surface area contributed by atoms with Crippen molar-refractivity contribution < 1.29 is 10.2 Å². The highest BCUT2D eigenvalue weighted by Gasteiger charge is 2.11. The van der Waals surface area contributed by atoms with Crippen molar-refractivity contribution in [3.8, 4) is 6.07 Å². The molecule has 1 rings (SSSR count). The lowest BCUT2D eigenvalue weighted by atomic mass is 10.1. The first kappa shape index (κ1) is 14.7. The third kappa shape index (κ3) is 4.84. The molecule has 4 heteroatoms. The van der Waals surface area contributed by atoms with Crippen LogP contribution in [0.4, 0.5) is 0 Å². The maximum absolute atomic E-state index is 10.0. The molecule has 0 aliphatic carbocycles. The summed E-state index contributed by atoms with van der Waals surface area (Å²) in [6.45, 7) is 3.01. The van der Waals surface area contributed by atoms with Gasteiger partial charge in [-0.3, -0.25) is 0 Å². The first-order valence-electron chi connectivity index (χ1n) is 6.07. The van der Waals surface area contributed by atoms with Crippen molar-refractivity contribution in [2.75, 3.05) is 20.1 Å². The molecule has 0 spiro atoms. The van der Waals surface area contributed by atoms with E-state index in [-0.39, 0.29) is 6.10 Å². The van der Waals surface area contributed by atoms with Crippen molar-refractivity contribution in [2.45, 2.75) is 25.6 Å². The SMILES string of the molecule is CC(O)CCN(C)CC(O)c1ccc(C#N)cc1. The standard InChI is InChI=1S/C14H20N2O2/c1-11(17)7-8-16(2)10-14(18)13-5-3-12(9-15)4-6-13/h3-6,11,14,17-18H,7-8,10H2,1-2H3. The van der Waals surface area contributed by atoms with Crippen LogP contribution in [0.15, 0.2) is 24.3 Å². The van der Waals surface area contributed by atoms with Gasteiger partial charge in [0.05, 0.1) is 23.8 Å². The Morgan fingerprint density at radius 2 is 1.89 bits per heavy atom. The zero-order valence-electron chi connectivity index (χ0n) is 10.9. The highest BCUT2D eigenvalue weighted by molar-refractivity contribution is 5.32. The number of likely N-dealkylation sites (N-methyl/N-ethyl adjacent to an activating group) is 1. The van der Waals surface area contributed by atoms with Gasteiger partial charge < -0.3 is 15.1 Å². The van der Waals surface area contributed by atoms with Crippen molar-refractivity contribution in [1.29, 1.82) is 5.26 Å². The van der Waals surface area contributed by atoms with Crippen LogP contribution >= 0.6 is 0 Å². The predicted molar refractivity (Wildman–Crippen MR) is 69.9 cm³/mol. The van der Waals surface area contributed by atoms with E-state index in [9.17, 15) is 10.2 Å². The number of aliphatic hydroxyl groups excluding tert-OH is 2. The molecule has 2 atom stereocenters. The number of aliphatic hydroxyl groups is 2. The van der Waals surface area contributed by atoms with Crippen LogP contribution in [0.5, 0.6) is 0 Å². The van der Waals surface area contributed by atoms with E-state index in [4.69, 9.17) is 5.26 Å². The van der Waals surface area contributed by atoms with Gasteiger partial charge in [-0.25, -0.2) is 0 Å². The van der Waals surface area contributed by atoms with Crippen LogP contribution in [0, 0.1) is 11.3 Å². The zero-order valence-corrected chi connectivity index (χ0v) is 10.9. The van der Waals surface area contributed by atoms with E-state index in [0.29, 0.717) is 18.5 Å². The fourth-order valence-corrected chi connectivity index (χ4v) is 1.68. The second-order valence-electron chi connectivity index (χ2n) is 4.65. The lowest BCUT2D eigenvalue weighted by Crippen LogP contribution is -2.27. The lowest BCUT2D eigenvalue weighted by molar-refractivity contribution is 0.111. The molecule has 0 heterocycles. The third-order valence-corrected chi connectivity index (χ3v) is 2.84. The van der Waals surface area contributed by atoms with Gasteiger partial charge in [-0.05, 0) is 38.1 Å². The molecular weight excluding hydrogens is 228 g/mol. The summed E-state index contributed by atoms with van der Waals surface area (Å²) in [5.41, 5.74) is 1.39. The van der Waals surface area contributed by atoms with E-state index in [1.165, 1.54) is 0 Å². The van der Waals surface area contributed by atoms with Crippen LogP contribution in [0.2, 0.25) is 0 Å². The van der Waals surface area contributed by atoms with Gasteiger partial charge in [0.2, 0.25) is 0 Å². The molecule has 0 saturated carbocycles. The van der Waals surface area contributed by atoms with Crippen LogP contribution in [0.1, 0.15) is 30.6 Å². The number of nitrogens with zero attached hydrogens (tertiary/aromatic N) is 2. The van der Waals surface area contributed by atoms with Crippen LogP contribution in [-0.2, 0) is 0 Å². The Labute approximate surface area is 108 Å². The molecule has 0 amide bonds. The Bertz CT molecular complexity index is 395. The van der Waals surface area contributed by atoms with Crippen molar-refractivity contribution in [1.82, 2.24) is 4.90 Å². The van der Waals surface area contributed by atoms with E-state index in [0.717, 1.165) is 12.1 Å². The molecule has 1 aromatic carbocycles. The second-order valence-corrected chi connectivity index (χ2v) is 4.65. The lowest BCUT2D eigenvalue weighted by Gasteiger charge is -2.21.